The highest BCUT2D eigenvalue weighted by atomic mass is 127. The molecule has 0 saturated carbocycles. The van der Waals surface area contributed by atoms with E-state index in [0.717, 1.165) is 13.6 Å². The molecule has 0 amide bonds. The Morgan fingerprint density at radius 1 is 1.50 bits per heavy atom. The van der Waals surface area contributed by atoms with E-state index < -0.39 is 0 Å². The smallest absolute Gasteiger partial charge is 0.100 e. The van der Waals surface area contributed by atoms with Gasteiger partial charge < -0.3 is 0 Å². The molecule has 0 unspecified atom stereocenters. The molecule has 50 valence electrons. The molecule has 0 N–H and O–H groups in total. The van der Waals surface area contributed by atoms with Crippen LogP contribution in [0.15, 0.2) is 22.7 Å². The molecule has 1 rings (SSSR count). The monoisotopic (exact) mass is 307 g/mol. The van der Waals surface area contributed by atoms with Crippen molar-refractivity contribution in [2.24, 2.45) is 0 Å². The molecule has 0 atom stereocenters. The molecule has 0 aliphatic carbocycles. The van der Waals surface area contributed by atoms with E-state index in [1.54, 1.807) is 6.07 Å². The van der Waals surface area contributed by atoms with Gasteiger partial charge in [-0.05, 0) is 50.7 Å². The topological polar surface area (TPSA) is 23.8 Å². The average Bonchev–Trinajstić information content (AvgIpc) is 1.95. The van der Waals surface area contributed by atoms with Gasteiger partial charge in [-0.3, -0.25) is 0 Å². The Hall–Kier alpha value is -0.0800. The molecule has 0 saturated heterocycles. The summed E-state index contributed by atoms with van der Waals surface area (Å²) in [6.45, 7) is 0. The largest absolute Gasteiger partial charge is 0.192 e. The van der Waals surface area contributed by atoms with E-state index in [2.05, 4.69) is 44.6 Å². The Kier molecular flexibility index (Phi) is 2.69. The number of hydrogen-bond donors (Lipinski definition) is 0. The summed E-state index contributed by atoms with van der Waals surface area (Å²) in [4.78, 5) is 0. The van der Waals surface area contributed by atoms with Gasteiger partial charge in [-0.15, -0.1) is 0 Å². The van der Waals surface area contributed by atoms with E-state index in [1.807, 2.05) is 12.1 Å². The Bertz CT molecular complexity index is 290. The van der Waals surface area contributed by atoms with Crippen molar-refractivity contribution in [3.63, 3.8) is 0 Å². The van der Waals surface area contributed by atoms with Gasteiger partial charge in [0, 0.05) is 8.04 Å². The minimum absolute atomic E-state index is 0.718. The Morgan fingerprint density at radius 3 is 2.70 bits per heavy atom. The maximum absolute atomic E-state index is 8.57. The fourth-order valence-corrected chi connectivity index (χ4v) is 1.44. The SMILES string of the molecule is N#Cc1cccc(Br)c1I. The van der Waals surface area contributed by atoms with Crippen LogP contribution in [-0.4, -0.2) is 0 Å². The van der Waals surface area contributed by atoms with Gasteiger partial charge in [-0.25, -0.2) is 0 Å². The van der Waals surface area contributed by atoms with E-state index in [-0.39, 0.29) is 0 Å². The molecule has 0 aromatic heterocycles. The molecule has 1 aromatic carbocycles. The molecule has 0 bridgehead atoms. The maximum atomic E-state index is 8.57. The van der Waals surface area contributed by atoms with Crippen LogP contribution in [0.3, 0.4) is 0 Å². The summed E-state index contributed by atoms with van der Waals surface area (Å²) in [6.07, 6.45) is 0. The first-order valence-electron chi connectivity index (χ1n) is 2.60. The number of nitriles is 1. The molecule has 1 nitrogen and oxygen atoms in total. The first kappa shape index (κ1) is 8.02. The summed E-state index contributed by atoms with van der Waals surface area (Å²) in [5.74, 6) is 0. The quantitative estimate of drug-likeness (QED) is 0.676. The van der Waals surface area contributed by atoms with E-state index in [1.165, 1.54) is 0 Å². The molecule has 0 aliphatic heterocycles. The fourth-order valence-electron chi connectivity index (χ4n) is 0.590. The summed E-state index contributed by atoms with van der Waals surface area (Å²) >= 11 is 5.46. The zero-order valence-corrected chi connectivity index (χ0v) is 8.68. The summed E-state index contributed by atoms with van der Waals surface area (Å²) in [6, 6.07) is 7.67. The number of nitrogens with zero attached hydrogens (tertiary/aromatic N) is 1. The van der Waals surface area contributed by atoms with Crippen molar-refractivity contribution >= 4 is 38.5 Å². The van der Waals surface area contributed by atoms with Gasteiger partial charge in [-0.1, -0.05) is 6.07 Å². The molecule has 0 aliphatic rings. The second kappa shape index (κ2) is 3.35. The predicted octanol–water partition coefficient (Wildman–Crippen LogP) is 2.93. The highest BCUT2D eigenvalue weighted by Gasteiger charge is 1.99. The Morgan fingerprint density at radius 2 is 2.20 bits per heavy atom. The van der Waals surface area contributed by atoms with E-state index in [4.69, 9.17) is 5.26 Å². The van der Waals surface area contributed by atoms with Gasteiger partial charge in [0.05, 0.1) is 5.56 Å². The van der Waals surface area contributed by atoms with Gasteiger partial charge in [0.25, 0.3) is 0 Å². The lowest BCUT2D eigenvalue weighted by atomic mass is 10.2. The zero-order chi connectivity index (χ0) is 7.56. The first-order chi connectivity index (χ1) is 4.75. The van der Waals surface area contributed by atoms with E-state index in [0.29, 0.717) is 0 Å². The molecule has 0 radical (unpaired) electrons. The van der Waals surface area contributed by atoms with Crippen LogP contribution in [0.2, 0.25) is 0 Å². The number of hydrogen-bond acceptors (Lipinski definition) is 1. The van der Waals surface area contributed by atoms with Gasteiger partial charge in [0.2, 0.25) is 0 Å². The van der Waals surface area contributed by atoms with Crippen LogP contribution >= 0.6 is 38.5 Å². The van der Waals surface area contributed by atoms with Crippen molar-refractivity contribution in [3.8, 4) is 6.07 Å². The third-order valence-corrected chi connectivity index (χ3v) is 3.64. The third kappa shape index (κ3) is 1.50. The van der Waals surface area contributed by atoms with E-state index in [9.17, 15) is 0 Å². The molecule has 1 aromatic rings. The minimum Gasteiger partial charge on any atom is -0.192 e. The van der Waals surface area contributed by atoms with Crippen LogP contribution in [0.1, 0.15) is 5.56 Å². The van der Waals surface area contributed by atoms with Crippen molar-refractivity contribution in [1.29, 1.82) is 5.26 Å². The summed E-state index contributed by atoms with van der Waals surface area (Å²) in [5.41, 5.74) is 0.718. The summed E-state index contributed by atoms with van der Waals surface area (Å²) < 4.78 is 1.95. The van der Waals surface area contributed by atoms with Gasteiger partial charge in [0.1, 0.15) is 6.07 Å². The maximum Gasteiger partial charge on any atom is 0.100 e. The molecule has 3 heteroatoms. The minimum atomic E-state index is 0.718. The Balaban J connectivity index is 3.31. The van der Waals surface area contributed by atoms with Crippen molar-refractivity contribution in [2.75, 3.05) is 0 Å². The lowest BCUT2D eigenvalue weighted by Gasteiger charge is -1.95. The van der Waals surface area contributed by atoms with Crippen LogP contribution < -0.4 is 0 Å². The average molecular weight is 308 g/mol. The lowest BCUT2D eigenvalue weighted by Crippen LogP contribution is -1.80. The van der Waals surface area contributed by atoms with Crippen LogP contribution in [0.4, 0.5) is 0 Å². The van der Waals surface area contributed by atoms with Gasteiger partial charge in [-0.2, -0.15) is 5.26 Å². The zero-order valence-electron chi connectivity index (χ0n) is 4.94. The second-order valence-electron chi connectivity index (χ2n) is 1.71. The lowest BCUT2D eigenvalue weighted by molar-refractivity contribution is 1.45. The Labute approximate surface area is 81.3 Å². The second-order valence-corrected chi connectivity index (χ2v) is 3.65. The number of halogens is 2. The summed E-state index contributed by atoms with van der Waals surface area (Å²) in [5, 5.41) is 8.57. The molecule has 0 fully saturated rings. The molecular weight excluding hydrogens is 305 g/mol. The van der Waals surface area contributed by atoms with Crippen LogP contribution in [0.5, 0.6) is 0 Å². The van der Waals surface area contributed by atoms with Crippen molar-refractivity contribution < 1.29 is 0 Å². The molecule has 0 spiro atoms. The molecular formula is C7H3BrIN. The third-order valence-electron chi connectivity index (χ3n) is 1.07. The van der Waals surface area contributed by atoms with E-state index >= 15 is 0 Å². The molecule has 0 heterocycles. The fraction of sp³-hybridized carbons (Fsp3) is 0. The van der Waals surface area contributed by atoms with Crippen LogP contribution in [-0.2, 0) is 0 Å². The first-order valence-corrected chi connectivity index (χ1v) is 4.47. The van der Waals surface area contributed by atoms with Gasteiger partial charge >= 0.3 is 0 Å². The summed E-state index contributed by atoms with van der Waals surface area (Å²) in [7, 11) is 0. The standard InChI is InChI=1S/C7H3BrIN/c8-6-3-1-2-5(4-10)7(6)9/h1-3H. The van der Waals surface area contributed by atoms with Crippen molar-refractivity contribution in [3.05, 3.63) is 31.8 Å². The van der Waals surface area contributed by atoms with Gasteiger partial charge in [0.15, 0.2) is 0 Å². The highest BCUT2D eigenvalue weighted by molar-refractivity contribution is 14.1. The van der Waals surface area contributed by atoms with Crippen molar-refractivity contribution in [1.82, 2.24) is 0 Å². The highest BCUT2D eigenvalue weighted by Crippen LogP contribution is 2.21. The van der Waals surface area contributed by atoms with Crippen molar-refractivity contribution in [2.45, 2.75) is 0 Å². The predicted molar refractivity (Wildman–Crippen MR) is 51.6 cm³/mol. The number of rotatable bonds is 0. The molecule has 10 heavy (non-hydrogen) atoms. The van der Waals surface area contributed by atoms with Crippen LogP contribution in [0, 0.1) is 14.9 Å². The normalized spacial score (nSPS) is 8.90. The van der Waals surface area contributed by atoms with Crippen LogP contribution in [0.25, 0.3) is 0 Å². The number of benzene rings is 1.